The van der Waals surface area contributed by atoms with Gasteiger partial charge < -0.3 is 24.6 Å². The fourth-order valence-corrected chi connectivity index (χ4v) is 1.56. The van der Waals surface area contributed by atoms with Crippen molar-refractivity contribution in [1.82, 2.24) is 5.32 Å². The van der Waals surface area contributed by atoms with Gasteiger partial charge in [-0.05, 0) is 17.7 Å². The van der Waals surface area contributed by atoms with Crippen molar-refractivity contribution in [3.8, 4) is 5.75 Å². The highest BCUT2D eigenvalue weighted by Crippen LogP contribution is 2.19. The molecular weight excluding hydrogens is 318 g/mol. The van der Waals surface area contributed by atoms with Crippen LogP contribution in [0, 0.1) is 0 Å². The van der Waals surface area contributed by atoms with Gasteiger partial charge in [0.15, 0.2) is 6.04 Å². The van der Waals surface area contributed by atoms with Crippen molar-refractivity contribution in [2.45, 2.75) is 6.04 Å². The van der Waals surface area contributed by atoms with Crippen LogP contribution in [0.25, 0.3) is 0 Å². The summed E-state index contributed by atoms with van der Waals surface area (Å²) in [5.41, 5.74) is 0.268. The van der Waals surface area contributed by atoms with E-state index in [0.717, 1.165) is 0 Å². The number of nitrogens with one attached hydrogen (secondary N) is 1. The van der Waals surface area contributed by atoms with Crippen LogP contribution in [0.3, 0.4) is 0 Å². The van der Waals surface area contributed by atoms with E-state index < -0.39 is 24.3 Å². The van der Waals surface area contributed by atoms with E-state index >= 15 is 0 Å². The molecule has 0 aliphatic heterocycles. The fourth-order valence-electron chi connectivity index (χ4n) is 1.56. The molecule has 1 unspecified atom stereocenters. The summed E-state index contributed by atoms with van der Waals surface area (Å²) in [6, 6.07) is 4.21. The molecule has 24 heavy (non-hydrogen) atoms. The van der Waals surface area contributed by atoms with E-state index in [0.29, 0.717) is 0 Å². The predicted octanol–water partition coefficient (Wildman–Crippen LogP) is 2.43. The molecule has 128 valence electrons. The fraction of sp³-hybridized carbons (Fsp3) is 0.188. The van der Waals surface area contributed by atoms with E-state index in [-0.39, 0.29) is 24.5 Å². The lowest BCUT2D eigenvalue weighted by atomic mass is 10.1. The van der Waals surface area contributed by atoms with Gasteiger partial charge in [0.1, 0.15) is 19.0 Å². The third kappa shape index (κ3) is 6.22. The number of alkyl carbamates (subject to hydrolysis) is 1. The Kier molecular flexibility index (Phi) is 7.56. The Balaban J connectivity index is 2.73. The molecule has 8 nitrogen and oxygen atoms in total. The van der Waals surface area contributed by atoms with Crippen molar-refractivity contribution in [2.75, 3.05) is 13.2 Å². The summed E-state index contributed by atoms with van der Waals surface area (Å²) in [4.78, 5) is 34.0. The first-order valence-electron chi connectivity index (χ1n) is 6.80. The molecule has 0 aliphatic carbocycles. The van der Waals surface area contributed by atoms with Crippen LogP contribution in [-0.4, -0.2) is 36.5 Å². The van der Waals surface area contributed by atoms with Gasteiger partial charge in [0.2, 0.25) is 0 Å². The summed E-state index contributed by atoms with van der Waals surface area (Å²) in [6.07, 6.45) is 0.936. The average molecular weight is 335 g/mol. The minimum absolute atomic E-state index is 0.00868. The number of carbonyl (C=O) groups excluding carboxylic acids is 2. The van der Waals surface area contributed by atoms with Crippen LogP contribution >= 0.6 is 0 Å². The van der Waals surface area contributed by atoms with Gasteiger partial charge in [-0.25, -0.2) is 14.4 Å². The first-order chi connectivity index (χ1) is 11.5. The van der Waals surface area contributed by atoms with Gasteiger partial charge in [-0.1, -0.05) is 37.4 Å². The minimum Gasteiger partial charge on any atom is -0.479 e. The van der Waals surface area contributed by atoms with Crippen molar-refractivity contribution < 1.29 is 33.7 Å². The molecule has 0 saturated carbocycles. The molecule has 0 aliphatic rings. The number of carboxylic acid groups (broad SMARTS) is 1. The molecule has 8 heteroatoms. The van der Waals surface area contributed by atoms with E-state index in [1.54, 1.807) is 0 Å². The van der Waals surface area contributed by atoms with Gasteiger partial charge in [0.05, 0.1) is 0 Å². The maximum Gasteiger partial charge on any atom is 0.514 e. The number of hydrogen-bond acceptors (Lipinski definition) is 6. The molecule has 0 aromatic heterocycles. The lowest BCUT2D eigenvalue weighted by Gasteiger charge is -2.15. The third-order valence-electron chi connectivity index (χ3n) is 2.58. The van der Waals surface area contributed by atoms with Crippen LogP contribution in [-0.2, 0) is 14.3 Å². The summed E-state index contributed by atoms with van der Waals surface area (Å²) in [7, 11) is 0. The Morgan fingerprint density at radius 3 is 2.21 bits per heavy atom. The van der Waals surface area contributed by atoms with Crippen molar-refractivity contribution in [3.05, 3.63) is 55.1 Å². The monoisotopic (exact) mass is 335 g/mol. The number of hydrogen-bond donors (Lipinski definition) is 2. The summed E-state index contributed by atoms with van der Waals surface area (Å²) in [5.74, 6) is -1.12. The van der Waals surface area contributed by atoms with Gasteiger partial charge in [-0.15, -0.1) is 0 Å². The number of benzene rings is 1. The molecule has 0 saturated heterocycles. The zero-order valence-corrected chi connectivity index (χ0v) is 12.8. The average Bonchev–Trinajstić information content (AvgIpc) is 2.56. The molecular formula is C16H17NO7. The second-order valence-corrected chi connectivity index (χ2v) is 4.32. The molecule has 1 atom stereocenters. The number of carboxylic acids is 1. The Bertz CT molecular complexity index is 609. The lowest BCUT2D eigenvalue weighted by molar-refractivity contribution is -0.139. The van der Waals surface area contributed by atoms with Crippen molar-refractivity contribution in [2.24, 2.45) is 0 Å². The Morgan fingerprint density at radius 2 is 1.67 bits per heavy atom. The smallest absolute Gasteiger partial charge is 0.479 e. The molecule has 1 rings (SSSR count). The van der Waals surface area contributed by atoms with Gasteiger partial charge in [0, 0.05) is 0 Å². The standard InChI is InChI=1S/C16H17NO7/c1-3-9-22-15(20)17-13(14(18)19)11-5-7-12(8-6-11)24-16(21)23-10-4-2/h3-8,13H,1-2,9-10H2,(H,17,20)(H,18,19). The molecule has 0 fully saturated rings. The molecule has 1 aromatic carbocycles. The Labute approximate surface area is 138 Å². The van der Waals surface area contributed by atoms with E-state index in [9.17, 15) is 19.5 Å². The normalized spacial score (nSPS) is 10.8. The number of carbonyl (C=O) groups is 3. The molecule has 0 heterocycles. The van der Waals surface area contributed by atoms with E-state index in [4.69, 9.17) is 4.74 Å². The Hall–Kier alpha value is -3.29. The summed E-state index contributed by atoms with van der Waals surface area (Å²) in [5, 5.41) is 11.4. The van der Waals surface area contributed by atoms with Crippen molar-refractivity contribution >= 4 is 18.2 Å². The second kappa shape index (κ2) is 9.67. The highest BCUT2D eigenvalue weighted by molar-refractivity contribution is 5.81. The molecule has 0 radical (unpaired) electrons. The van der Waals surface area contributed by atoms with Crippen molar-refractivity contribution in [1.29, 1.82) is 0 Å². The maximum atomic E-state index is 11.5. The number of rotatable bonds is 8. The van der Waals surface area contributed by atoms with Crippen molar-refractivity contribution in [3.63, 3.8) is 0 Å². The SMILES string of the molecule is C=CCOC(=O)NC(C(=O)O)c1ccc(OC(=O)OCC=C)cc1. The van der Waals surface area contributed by atoms with E-state index in [2.05, 4.69) is 27.9 Å². The summed E-state index contributed by atoms with van der Waals surface area (Å²) in [6.45, 7) is 6.73. The van der Waals surface area contributed by atoms with Gasteiger partial charge in [-0.2, -0.15) is 0 Å². The van der Waals surface area contributed by atoms with Gasteiger partial charge >= 0.3 is 18.2 Å². The topological polar surface area (TPSA) is 111 Å². The largest absolute Gasteiger partial charge is 0.514 e. The summed E-state index contributed by atoms with van der Waals surface area (Å²) < 4.78 is 14.2. The molecule has 0 spiro atoms. The maximum absolute atomic E-state index is 11.5. The quantitative estimate of drug-likeness (QED) is 0.426. The van der Waals surface area contributed by atoms with Crippen LogP contribution in [0.5, 0.6) is 5.75 Å². The second-order valence-electron chi connectivity index (χ2n) is 4.32. The van der Waals surface area contributed by atoms with Crippen LogP contribution in [0.15, 0.2) is 49.6 Å². The molecule has 1 aromatic rings. The van der Waals surface area contributed by atoms with Crippen LogP contribution in [0.2, 0.25) is 0 Å². The highest BCUT2D eigenvalue weighted by Gasteiger charge is 2.22. The summed E-state index contributed by atoms with van der Waals surface area (Å²) >= 11 is 0. The number of amides is 1. The zero-order chi connectivity index (χ0) is 17.9. The van der Waals surface area contributed by atoms with Crippen LogP contribution in [0.1, 0.15) is 11.6 Å². The van der Waals surface area contributed by atoms with Crippen LogP contribution < -0.4 is 10.1 Å². The zero-order valence-electron chi connectivity index (χ0n) is 12.8. The molecule has 0 bridgehead atoms. The minimum atomic E-state index is -1.32. The van der Waals surface area contributed by atoms with Gasteiger partial charge in [0.25, 0.3) is 0 Å². The first kappa shape index (κ1) is 18.8. The van der Waals surface area contributed by atoms with E-state index in [1.165, 1.54) is 36.4 Å². The number of aliphatic carboxylic acids is 1. The molecule has 1 amide bonds. The van der Waals surface area contributed by atoms with Crippen LogP contribution in [0.4, 0.5) is 9.59 Å². The first-order valence-corrected chi connectivity index (χ1v) is 6.80. The number of ether oxygens (including phenoxy) is 3. The third-order valence-corrected chi connectivity index (χ3v) is 2.58. The van der Waals surface area contributed by atoms with Gasteiger partial charge in [-0.3, -0.25) is 0 Å². The lowest BCUT2D eigenvalue weighted by Crippen LogP contribution is -2.34. The highest BCUT2D eigenvalue weighted by atomic mass is 16.7. The Morgan fingerprint density at radius 1 is 1.08 bits per heavy atom. The predicted molar refractivity (Wildman–Crippen MR) is 83.7 cm³/mol. The molecule has 2 N–H and O–H groups in total. The van der Waals surface area contributed by atoms with E-state index in [1.807, 2.05) is 0 Å².